The predicted molar refractivity (Wildman–Crippen MR) is 69.4 cm³/mol. The summed E-state index contributed by atoms with van der Waals surface area (Å²) >= 11 is 0. The molecule has 18 heavy (non-hydrogen) atoms. The van der Waals surface area contributed by atoms with Gasteiger partial charge in [-0.05, 0) is 37.8 Å². The summed E-state index contributed by atoms with van der Waals surface area (Å²) in [4.78, 5) is 0. The van der Waals surface area contributed by atoms with Gasteiger partial charge in [0.05, 0.1) is 0 Å². The summed E-state index contributed by atoms with van der Waals surface area (Å²) in [5.74, 6) is -0.947. The van der Waals surface area contributed by atoms with Gasteiger partial charge in [0.2, 0.25) is 0 Å². The quantitative estimate of drug-likeness (QED) is 0.848. The summed E-state index contributed by atoms with van der Waals surface area (Å²) in [5, 5.41) is 3.25. The Morgan fingerprint density at radius 1 is 1.28 bits per heavy atom. The SMILES string of the molecule is CCC1(C(NC)c2ccc(F)cc2F)CCCC1. The van der Waals surface area contributed by atoms with Crippen molar-refractivity contribution in [2.45, 2.75) is 45.1 Å². The first-order valence-electron chi connectivity index (χ1n) is 6.75. The molecule has 1 fully saturated rings. The smallest absolute Gasteiger partial charge is 0.130 e. The Morgan fingerprint density at radius 3 is 2.44 bits per heavy atom. The minimum Gasteiger partial charge on any atom is -0.312 e. The van der Waals surface area contributed by atoms with Gasteiger partial charge in [0.1, 0.15) is 11.6 Å². The summed E-state index contributed by atoms with van der Waals surface area (Å²) in [6.45, 7) is 2.16. The molecule has 1 N–H and O–H groups in total. The van der Waals surface area contributed by atoms with Crippen molar-refractivity contribution in [3.05, 3.63) is 35.4 Å². The first-order valence-corrected chi connectivity index (χ1v) is 6.75. The third kappa shape index (κ3) is 2.28. The highest BCUT2D eigenvalue weighted by Crippen LogP contribution is 2.50. The fraction of sp³-hybridized carbons (Fsp3) is 0.600. The van der Waals surface area contributed by atoms with Crippen LogP contribution in [0.1, 0.15) is 50.6 Å². The van der Waals surface area contributed by atoms with Crippen molar-refractivity contribution in [1.82, 2.24) is 5.32 Å². The Balaban J connectivity index is 2.38. The van der Waals surface area contributed by atoms with Crippen LogP contribution in [0.5, 0.6) is 0 Å². The van der Waals surface area contributed by atoms with Crippen molar-refractivity contribution in [2.75, 3.05) is 7.05 Å². The van der Waals surface area contributed by atoms with E-state index in [1.165, 1.54) is 18.9 Å². The minimum absolute atomic E-state index is 0.0226. The summed E-state index contributed by atoms with van der Waals surface area (Å²) in [5.41, 5.74) is 0.718. The maximum absolute atomic E-state index is 14.0. The van der Waals surface area contributed by atoms with E-state index in [2.05, 4.69) is 12.2 Å². The van der Waals surface area contributed by atoms with Crippen molar-refractivity contribution in [3.8, 4) is 0 Å². The van der Waals surface area contributed by atoms with Crippen LogP contribution in [0.25, 0.3) is 0 Å². The van der Waals surface area contributed by atoms with Crippen molar-refractivity contribution in [1.29, 1.82) is 0 Å². The maximum atomic E-state index is 14.0. The summed E-state index contributed by atoms with van der Waals surface area (Å²) in [6.07, 6.45) is 5.66. The molecule has 3 heteroatoms. The number of hydrogen-bond donors (Lipinski definition) is 1. The lowest BCUT2D eigenvalue weighted by Crippen LogP contribution is -2.34. The van der Waals surface area contributed by atoms with Crippen LogP contribution in [0.4, 0.5) is 8.78 Å². The topological polar surface area (TPSA) is 12.0 Å². The molecule has 0 amide bonds. The average molecular weight is 253 g/mol. The van der Waals surface area contributed by atoms with Gasteiger partial charge in [0, 0.05) is 17.7 Å². The van der Waals surface area contributed by atoms with E-state index in [0.717, 1.165) is 25.3 Å². The van der Waals surface area contributed by atoms with Crippen LogP contribution in [0.2, 0.25) is 0 Å². The zero-order chi connectivity index (χ0) is 13.2. The van der Waals surface area contributed by atoms with Crippen LogP contribution in [0.3, 0.4) is 0 Å². The summed E-state index contributed by atoms with van der Waals surface area (Å²) in [6, 6.07) is 3.89. The number of nitrogens with one attached hydrogen (secondary N) is 1. The molecule has 0 heterocycles. The standard InChI is InChI=1S/C15H21F2N/c1-3-15(8-4-5-9-15)14(18-2)12-7-6-11(16)10-13(12)17/h6-7,10,14,18H,3-5,8-9H2,1-2H3. The summed E-state index contributed by atoms with van der Waals surface area (Å²) in [7, 11) is 1.86. The molecule has 1 saturated carbocycles. The molecule has 0 saturated heterocycles. The second-order valence-electron chi connectivity index (χ2n) is 5.31. The lowest BCUT2D eigenvalue weighted by atomic mass is 9.73. The molecule has 0 aromatic heterocycles. The number of hydrogen-bond acceptors (Lipinski definition) is 1. The first kappa shape index (κ1) is 13.5. The fourth-order valence-corrected chi connectivity index (χ4v) is 3.45. The third-order valence-electron chi connectivity index (χ3n) is 4.48. The molecule has 1 atom stereocenters. The average Bonchev–Trinajstić information content (AvgIpc) is 2.83. The van der Waals surface area contributed by atoms with Crippen LogP contribution in [0.15, 0.2) is 18.2 Å². The lowest BCUT2D eigenvalue weighted by molar-refractivity contribution is 0.191. The first-order chi connectivity index (χ1) is 8.63. The Hall–Kier alpha value is -0.960. The van der Waals surface area contributed by atoms with Gasteiger partial charge in [0.25, 0.3) is 0 Å². The van der Waals surface area contributed by atoms with E-state index in [-0.39, 0.29) is 11.5 Å². The second-order valence-corrected chi connectivity index (χ2v) is 5.31. The van der Waals surface area contributed by atoms with Crippen LogP contribution in [0, 0.1) is 17.0 Å². The van der Waals surface area contributed by atoms with Gasteiger partial charge in [-0.2, -0.15) is 0 Å². The molecule has 1 nitrogen and oxygen atoms in total. The highest BCUT2D eigenvalue weighted by Gasteiger charge is 2.40. The number of halogens is 2. The maximum Gasteiger partial charge on any atom is 0.130 e. The van der Waals surface area contributed by atoms with Crippen LogP contribution in [-0.4, -0.2) is 7.05 Å². The van der Waals surface area contributed by atoms with Gasteiger partial charge in [-0.1, -0.05) is 25.8 Å². The van der Waals surface area contributed by atoms with Gasteiger partial charge in [-0.3, -0.25) is 0 Å². The molecule has 1 aliphatic carbocycles. The van der Waals surface area contributed by atoms with Crippen molar-refractivity contribution < 1.29 is 8.78 Å². The van der Waals surface area contributed by atoms with E-state index in [1.807, 2.05) is 7.05 Å². The third-order valence-corrected chi connectivity index (χ3v) is 4.48. The Bertz CT molecular complexity index is 411. The van der Waals surface area contributed by atoms with Crippen LogP contribution >= 0.6 is 0 Å². The Labute approximate surface area is 108 Å². The second kappa shape index (κ2) is 5.35. The largest absolute Gasteiger partial charge is 0.312 e. The van der Waals surface area contributed by atoms with E-state index in [0.29, 0.717) is 5.56 Å². The fourth-order valence-electron chi connectivity index (χ4n) is 3.45. The molecular formula is C15H21F2N. The lowest BCUT2D eigenvalue weighted by Gasteiger charge is -2.37. The molecule has 0 bridgehead atoms. The number of rotatable bonds is 4. The van der Waals surface area contributed by atoms with Crippen molar-refractivity contribution in [2.24, 2.45) is 5.41 Å². The van der Waals surface area contributed by atoms with Crippen LogP contribution in [-0.2, 0) is 0 Å². The van der Waals surface area contributed by atoms with E-state index in [4.69, 9.17) is 0 Å². The Morgan fingerprint density at radius 2 is 1.94 bits per heavy atom. The monoisotopic (exact) mass is 253 g/mol. The van der Waals surface area contributed by atoms with E-state index < -0.39 is 11.6 Å². The zero-order valence-electron chi connectivity index (χ0n) is 11.1. The molecule has 1 aromatic rings. The zero-order valence-corrected chi connectivity index (χ0v) is 11.1. The molecule has 2 rings (SSSR count). The van der Waals surface area contributed by atoms with Gasteiger partial charge < -0.3 is 5.32 Å². The van der Waals surface area contributed by atoms with E-state index >= 15 is 0 Å². The van der Waals surface area contributed by atoms with Gasteiger partial charge in [-0.15, -0.1) is 0 Å². The molecular weight excluding hydrogens is 232 g/mol. The molecule has 1 aliphatic rings. The van der Waals surface area contributed by atoms with Gasteiger partial charge >= 0.3 is 0 Å². The highest BCUT2D eigenvalue weighted by molar-refractivity contribution is 5.25. The molecule has 1 unspecified atom stereocenters. The molecule has 100 valence electrons. The molecule has 1 aromatic carbocycles. The highest BCUT2D eigenvalue weighted by atomic mass is 19.1. The Kier molecular flexibility index (Phi) is 4.00. The van der Waals surface area contributed by atoms with Gasteiger partial charge in [0.15, 0.2) is 0 Å². The molecule has 0 aliphatic heterocycles. The van der Waals surface area contributed by atoms with E-state index in [9.17, 15) is 8.78 Å². The minimum atomic E-state index is -0.511. The molecule has 0 spiro atoms. The van der Waals surface area contributed by atoms with Crippen molar-refractivity contribution >= 4 is 0 Å². The summed E-state index contributed by atoms with van der Waals surface area (Å²) < 4.78 is 27.0. The van der Waals surface area contributed by atoms with Gasteiger partial charge in [-0.25, -0.2) is 8.78 Å². The molecule has 0 radical (unpaired) electrons. The normalized spacial score (nSPS) is 20.0. The van der Waals surface area contributed by atoms with E-state index in [1.54, 1.807) is 6.07 Å². The number of benzene rings is 1. The van der Waals surface area contributed by atoms with Crippen LogP contribution < -0.4 is 5.32 Å². The predicted octanol–water partition coefficient (Wildman–Crippen LogP) is 4.20. The van der Waals surface area contributed by atoms with Crippen molar-refractivity contribution in [3.63, 3.8) is 0 Å².